The second-order valence-corrected chi connectivity index (χ2v) is 8.50. The lowest BCUT2D eigenvalue weighted by atomic mass is 9.68. The predicted molar refractivity (Wildman–Crippen MR) is 125 cm³/mol. The quantitative estimate of drug-likeness (QED) is 0.325. The highest BCUT2D eigenvalue weighted by molar-refractivity contribution is 6.01. The molecule has 176 valence electrons. The maximum atomic E-state index is 13.6. The third kappa shape index (κ3) is 5.50. The molecule has 0 aromatic heterocycles. The van der Waals surface area contributed by atoms with E-state index in [0.717, 1.165) is 24.8 Å². The molecule has 0 atom stereocenters. The summed E-state index contributed by atoms with van der Waals surface area (Å²) >= 11 is 0. The molecule has 3 rings (SSSR count). The molecule has 2 aromatic rings. The molecule has 1 aliphatic rings. The summed E-state index contributed by atoms with van der Waals surface area (Å²) in [6.07, 6.45) is 3.98. The van der Waals surface area contributed by atoms with Gasteiger partial charge in [0.05, 0.1) is 23.0 Å². The van der Waals surface area contributed by atoms with E-state index in [1.807, 2.05) is 13.8 Å². The third-order valence-corrected chi connectivity index (χ3v) is 5.87. The van der Waals surface area contributed by atoms with Crippen LogP contribution >= 0.6 is 0 Å². The molecular weight excluding hydrogens is 424 g/mol. The minimum atomic E-state index is -0.787. The van der Waals surface area contributed by atoms with Crippen molar-refractivity contribution in [3.05, 3.63) is 63.7 Å². The number of nitrogens with zero attached hydrogens (tertiary/aromatic N) is 1. The van der Waals surface area contributed by atoms with Crippen LogP contribution in [0.5, 0.6) is 5.75 Å². The number of ether oxygens (including phenoxy) is 2. The summed E-state index contributed by atoms with van der Waals surface area (Å²) < 4.78 is 10.9. The van der Waals surface area contributed by atoms with Gasteiger partial charge in [0.1, 0.15) is 11.3 Å². The van der Waals surface area contributed by atoms with Crippen molar-refractivity contribution in [2.75, 3.05) is 11.9 Å². The van der Waals surface area contributed by atoms with E-state index in [0.29, 0.717) is 24.3 Å². The summed E-state index contributed by atoms with van der Waals surface area (Å²) in [6, 6.07) is 11.1. The van der Waals surface area contributed by atoms with Crippen molar-refractivity contribution in [2.24, 2.45) is 0 Å². The number of benzene rings is 2. The SMILES string of the molecule is CCOC(=O)c1cc(NC(=O)C2(c3ccc([N+](=O)[O-])cc3)CCCCC2)ccc1OC(C)C. The first-order valence-corrected chi connectivity index (χ1v) is 11.3. The fourth-order valence-electron chi connectivity index (χ4n) is 4.29. The fraction of sp³-hybridized carbons (Fsp3) is 0.440. The van der Waals surface area contributed by atoms with Crippen LogP contribution < -0.4 is 10.1 Å². The topological polar surface area (TPSA) is 108 Å². The molecule has 8 nitrogen and oxygen atoms in total. The molecule has 0 heterocycles. The van der Waals surface area contributed by atoms with Gasteiger partial charge in [-0.25, -0.2) is 4.79 Å². The van der Waals surface area contributed by atoms with E-state index in [-0.39, 0.29) is 29.9 Å². The summed E-state index contributed by atoms with van der Waals surface area (Å²) in [5, 5.41) is 14.0. The predicted octanol–water partition coefficient (Wildman–Crippen LogP) is 5.40. The van der Waals surface area contributed by atoms with Crippen LogP contribution in [0.2, 0.25) is 0 Å². The molecule has 1 amide bonds. The number of nitrogens with one attached hydrogen (secondary N) is 1. The van der Waals surface area contributed by atoms with E-state index < -0.39 is 16.3 Å². The summed E-state index contributed by atoms with van der Waals surface area (Å²) in [5.74, 6) is -0.320. The van der Waals surface area contributed by atoms with Crippen LogP contribution in [-0.4, -0.2) is 29.5 Å². The van der Waals surface area contributed by atoms with Crippen molar-refractivity contribution in [2.45, 2.75) is 64.4 Å². The third-order valence-electron chi connectivity index (χ3n) is 5.87. The second-order valence-electron chi connectivity index (χ2n) is 8.50. The van der Waals surface area contributed by atoms with E-state index in [2.05, 4.69) is 5.32 Å². The van der Waals surface area contributed by atoms with Crippen molar-refractivity contribution in [1.82, 2.24) is 0 Å². The second kappa shape index (κ2) is 10.5. The first-order chi connectivity index (χ1) is 15.8. The highest BCUT2D eigenvalue weighted by Gasteiger charge is 2.41. The molecule has 8 heteroatoms. The number of rotatable bonds is 8. The van der Waals surface area contributed by atoms with Gasteiger partial charge in [0.25, 0.3) is 5.69 Å². The number of nitro groups is 1. The van der Waals surface area contributed by atoms with Gasteiger partial charge in [-0.05, 0) is 57.4 Å². The Morgan fingerprint density at radius 1 is 1.09 bits per heavy atom. The first-order valence-electron chi connectivity index (χ1n) is 11.3. The summed E-state index contributed by atoms with van der Waals surface area (Å²) in [5.41, 5.74) is 0.674. The van der Waals surface area contributed by atoms with Gasteiger partial charge >= 0.3 is 5.97 Å². The van der Waals surface area contributed by atoms with Crippen LogP contribution in [0.4, 0.5) is 11.4 Å². The average molecular weight is 455 g/mol. The van der Waals surface area contributed by atoms with E-state index in [9.17, 15) is 19.7 Å². The van der Waals surface area contributed by atoms with Gasteiger partial charge in [0, 0.05) is 17.8 Å². The highest BCUT2D eigenvalue weighted by Crippen LogP contribution is 2.41. The van der Waals surface area contributed by atoms with Gasteiger partial charge in [-0.1, -0.05) is 31.4 Å². The van der Waals surface area contributed by atoms with Gasteiger partial charge < -0.3 is 14.8 Å². The Kier molecular flexibility index (Phi) is 7.68. The molecule has 0 bridgehead atoms. The number of amides is 1. The largest absolute Gasteiger partial charge is 0.490 e. The van der Waals surface area contributed by atoms with Crippen LogP contribution in [0.15, 0.2) is 42.5 Å². The minimum Gasteiger partial charge on any atom is -0.490 e. The van der Waals surface area contributed by atoms with Crippen LogP contribution in [-0.2, 0) is 14.9 Å². The lowest BCUT2D eigenvalue weighted by molar-refractivity contribution is -0.384. The number of hydrogen-bond donors (Lipinski definition) is 1. The summed E-state index contributed by atoms with van der Waals surface area (Å²) in [6.45, 7) is 5.67. The van der Waals surface area contributed by atoms with Gasteiger partial charge in [-0.15, -0.1) is 0 Å². The zero-order valence-corrected chi connectivity index (χ0v) is 19.3. The fourth-order valence-corrected chi connectivity index (χ4v) is 4.29. The number of anilines is 1. The zero-order chi connectivity index (χ0) is 24.0. The van der Waals surface area contributed by atoms with Gasteiger partial charge in [0.2, 0.25) is 5.91 Å². The van der Waals surface area contributed by atoms with E-state index in [1.54, 1.807) is 37.3 Å². The number of esters is 1. The maximum Gasteiger partial charge on any atom is 0.341 e. The van der Waals surface area contributed by atoms with Crippen molar-refractivity contribution in [1.29, 1.82) is 0 Å². The Morgan fingerprint density at radius 2 is 1.76 bits per heavy atom. The number of carbonyl (C=O) groups excluding carboxylic acids is 2. The average Bonchev–Trinajstić information content (AvgIpc) is 2.80. The minimum absolute atomic E-state index is 0.00932. The number of nitro benzene ring substituents is 1. The molecule has 1 N–H and O–H groups in total. The number of carbonyl (C=O) groups is 2. The van der Waals surface area contributed by atoms with Gasteiger partial charge in [-0.3, -0.25) is 14.9 Å². The van der Waals surface area contributed by atoms with Crippen molar-refractivity contribution in [3.63, 3.8) is 0 Å². The molecule has 0 radical (unpaired) electrons. The van der Waals surface area contributed by atoms with E-state index in [4.69, 9.17) is 9.47 Å². The maximum absolute atomic E-state index is 13.6. The van der Waals surface area contributed by atoms with Gasteiger partial charge in [-0.2, -0.15) is 0 Å². The van der Waals surface area contributed by atoms with Crippen molar-refractivity contribution < 1.29 is 24.0 Å². The molecule has 1 saturated carbocycles. The summed E-state index contributed by atoms with van der Waals surface area (Å²) in [7, 11) is 0. The van der Waals surface area contributed by atoms with Crippen LogP contribution in [0.3, 0.4) is 0 Å². The molecular formula is C25H30N2O6. The smallest absolute Gasteiger partial charge is 0.341 e. The molecule has 0 spiro atoms. The van der Waals surface area contributed by atoms with Crippen molar-refractivity contribution in [3.8, 4) is 5.75 Å². The van der Waals surface area contributed by atoms with Crippen LogP contribution in [0, 0.1) is 10.1 Å². The Bertz CT molecular complexity index is 1010. The number of hydrogen-bond acceptors (Lipinski definition) is 6. The Labute approximate surface area is 193 Å². The molecule has 0 aliphatic heterocycles. The van der Waals surface area contributed by atoms with Crippen LogP contribution in [0.1, 0.15) is 68.8 Å². The standard InChI is InChI=1S/C25H30N2O6/c1-4-32-23(28)21-16-19(10-13-22(21)33-17(2)3)26-24(29)25(14-6-5-7-15-25)18-8-11-20(12-9-18)27(30)31/h8-13,16-17H,4-7,14-15H2,1-3H3,(H,26,29). The monoisotopic (exact) mass is 454 g/mol. The molecule has 0 unspecified atom stereocenters. The van der Waals surface area contributed by atoms with Crippen molar-refractivity contribution >= 4 is 23.3 Å². The number of non-ortho nitro benzene ring substituents is 1. The molecule has 1 aliphatic carbocycles. The zero-order valence-electron chi connectivity index (χ0n) is 19.3. The lowest BCUT2D eigenvalue weighted by Crippen LogP contribution is -2.42. The highest BCUT2D eigenvalue weighted by atomic mass is 16.6. The normalized spacial score (nSPS) is 15.0. The van der Waals surface area contributed by atoms with Crippen LogP contribution in [0.25, 0.3) is 0 Å². The molecule has 2 aromatic carbocycles. The van der Waals surface area contributed by atoms with E-state index in [1.165, 1.54) is 12.1 Å². The van der Waals surface area contributed by atoms with Gasteiger partial charge in [0.15, 0.2) is 0 Å². The molecule has 1 fully saturated rings. The summed E-state index contributed by atoms with van der Waals surface area (Å²) in [4.78, 5) is 36.7. The molecule has 0 saturated heterocycles. The first kappa shape index (κ1) is 24.2. The Balaban J connectivity index is 1.92. The van der Waals surface area contributed by atoms with E-state index >= 15 is 0 Å². The molecule has 33 heavy (non-hydrogen) atoms. The lowest BCUT2D eigenvalue weighted by Gasteiger charge is -2.36. The Hall–Kier alpha value is -3.42. The Morgan fingerprint density at radius 3 is 2.33 bits per heavy atom.